The minimum absolute atomic E-state index is 0.0253. The second-order valence-corrected chi connectivity index (χ2v) is 8.81. The lowest BCUT2D eigenvalue weighted by molar-refractivity contribution is -0.384. The molecule has 0 spiro atoms. The number of ether oxygens (including phenoxy) is 1. The van der Waals surface area contributed by atoms with Crippen LogP contribution in [-0.2, 0) is 4.74 Å². The lowest BCUT2D eigenvalue weighted by Crippen LogP contribution is -2.38. The first kappa shape index (κ1) is 22.5. The fourth-order valence-corrected chi connectivity index (χ4v) is 4.84. The Kier molecular flexibility index (Phi) is 6.07. The number of nitrogens with zero attached hydrogens (tertiary/aromatic N) is 3. The van der Waals surface area contributed by atoms with Crippen LogP contribution in [0.4, 0.5) is 5.69 Å². The van der Waals surface area contributed by atoms with E-state index in [1.807, 2.05) is 0 Å². The van der Waals surface area contributed by atoms with Crippen molar-refractivity contribution >= 4 is 34.2 Å². The SMILES string of the molecule is O=C1c2oc3ccc(Cl)cc3c(=O)c2C(c2cccc([N+](=O)[O-])c2)N1CCCN1CCOCC1. The van der Waals surface area contributed by atoms with Gasteiger partial charge in [-0.1, -0.05) is 23.7 Å². The van der Waals surface area contributed by atoms with Gasteiger partial charge in [-0.25, -0.2) is 0 Å². The molecule has 2 aliphatic heterocycles. The third-order valence-electron chi connectivity index (χ3n) is 6.30. The van der Waals surface area contributed by atoms with Crippen molar-refractivity contribution in [3.8, 4) is 0 Å². The molecule has 0 bridgehead atoms. The minimum atomic E-state index is -0.785. The van der Waals surface area contributed by atoms with Gasteiger partial charge in [-0.15, -0.1) is 0 Å². The van der Waals surface area contributed by atoms with Gasteiger partial charge in [0, 0.05) is 43.3 Å². The fraction of sp³-hybridized carbons (Fsp3) is 0.333. The Hall–Kier alpha value is -3.27. The highest BCUT2D eigenvalue weighted by atomic mass is 35.5. The van der Waals surface area contributed by atoms with Gasteiger partial charge in [-0.2, -0.15) is 0 Å². The number of hydrogen-bond donors (Lipinski definition) is 0. The quantitative estimate of drug-likeness (QED) is 0.389. The van der Waals surface area contributed by atoms with E-state index in [0.29, 0.717) is 36.8 Å². The molecule has 0 aliphatic carbocycles. The van der Waals surface area contributed by atoms with E-state index in [0.717, 1.165) is 19.6 Å². The smallest absolute Gasteiger partial charge is 0.290 e. The summed E-state index contributed by atoms with van der Waals surface area (Å²) in [6.45, 7) is 4.15. The molecule has 34 heavy (non-hydrogen) atoms. The highest BCUT2D eigenvalue weighted by molar-refractivity contribution is 6.31. The van der Waals surface area contributed by atoms with Crippen molar-refractivity contribution in [3.63, 3.8) is 0 Å². The van der Waals surface area contributed by atoms with E-state index in [2.05, 4.69) is 4.90 Å². The van der Waals surface area contributed by atoms with Gasteiger partial charge >= 0.3 is 0 Å². The topological polar surface area (TPSA) is 106 Å². The molecule has 176 valence electrons. The van der Waals surface area contributed by atoms with Crippen molar-refractivity contribution in [2.24, 2.45) is 0 Å². The summed E-state index contributed by atoms with van der Waals surface area (Å²) < 4.78 is 11.3. The maximum Gasteiger partial charge on any atom is 0.290 e. The maximum atomic E-state index is 13.5. The van der Waals surface area contributed by atoms with E-state index in [-0.39, 0.29) is 33.4 Å². The van der Waals surface area contributed by atoms with Crippen LogP contribution in [0.25, 0.3) is 11.0 Å². The largest absolute Gasteiger partial charge is 0.450 e. The molecule has 0 saturated carbocycles. The Balaban J connectivity index is 1.56. The molecule has 9 nitrogen and oxygen atoms in total. The molecule has 10 heteroatoms. The molecule has 3 heterocycles. The molecular formula is C24H22ClN3O6. The Morgan fingerprint density at radius 3 is 2.65 bits per heavy atom. The number of rotatable bonds is 6. The van der Waals surface area contributed by atoms with Gasteiger partial charge in [0.15, 0.2) is 5.43 Å². The number of fused-ring (bicyclic) bond motifs is 2. The Labute approximate surface area is 199 Å². The minimum Gasteiger partial charge on any atom is -0.450 e. The van der Waals surface area contributed by atoms with Gasteiger partial charge in [0.2, 0.25) is 5.76 Å². The molecular weight excluding hydrogens is 462 g/mol. The Morgan fingerprint density at radius 2 is 1.88 bits per heavy atom. The maximum absolute atomic E-state index is 13.5. The van der Waals surface area contributed by atoms with Gasteiger partial charge in [-0.05, 0) is 30.2 Å². The molecule has 2 aliphatic rings. The summed E-state index contributed by atoms with van der Waals surface area (Å²) in [6.07, 6.45) is 0.671. The van der Waals surface area contributed by atoms with Crippen LogP contribution in [0.1, 0.15) is 34.1 Å². The third kappa shape index (κ3) is 4.06. The number of morpholine rings is 1. The van der Waals surface area contributed by atoms with E-state index in [1.54, 1.807) is 29.2 Å². The first-order valence-corrected chi connectivity index (χ1v) is 11.4. The zero-order chi connectivity index (χ0) is 23.8. The molecule has 0 N–H and O–H groups in total. The normalized spacial score (nSPS) is 18.4. The van der Waals surface area contributed by atoms with E-state index >= 15 is 0 Å². The Bertz CT molecular complexity index is 1330. The molecule has 1 unspecified atom stereocenters. The van der Waals surface area contributed by atoms with Gasteiger partial charge in [-0.3, -0.25) is 24.6 Å². The first-order valence-electron chi connectivity index (χ1n) is 11.1. The number of non-ortho nitro benzene ring substituents is 1. The third-order valence-corrected chi connectivity index (χ3v) is 6.54. The number of nitro benzene ring substituents is 1. The molecule has 1 saturated heterocycles. The predicted molar refractivity (Wildman–Crippen MR) is 125 cm³/mol. The van der Waals surface area contributed by atoms with Crippen molar-refractivity contribution in [2.75, 3.05) is 39.4 Å². The van der Waals surface area contributed by atoms with Crippen LogP contribution in [0, 0.1) is 10.1 Å². The molecule has 1 atom stereocenters. The Morgan fingerprint density at radius 1 is 1.09 bits per heavy atom. The number of hydrogen-bond acceptors (Lipinski definition) is 7. The standard InChI is InChI=1S/C24H22ClN3O6/c25-16-5-6-19-18(14-16)22(29)20-21(15-3-1-4-17(13-15)28(31)32)27(24(30)23(20)34-19)8-2-7-26-9-11-33-12-10-26/h1,3-6,13-14,21H,2,7-12H2. The van der Waals surface area contributed by atoms with Crippen molar-refractivity contribution in [3.05, 3.63) is 84.7 Å². The monoisotopic (exact) mass is 483 g/mol. The lowest BCUT2D eigenvalue weighted by Gasteiger charge is -2.29. The van der Waals surface area contributed by atoms with Gasteiger partial charge in [0.1, 0.15) is 5.58 Å². The molecule has 0 radical (unpaired) electrons. The van der Waals surface area contributed by atoms with Crippen molar-refractivity contribution < 1.29 is 18.9 Å². The number of benzene rings is 2. The van der Waals surface area contributed by atoms with E-state index < -0.39 is 16.9 Å². The summed E-state index contributed by atoms with van der Waals surface area (Å²) in [7, 11) is 0. The van der Waals surface area contributed by atoms with E-state index in [4.69, 9.17) is 20.8 Å². The van der Waals surface area contributed by atoms with Crippen LogP contribution in [0.2, 0.25) is 5.02 Å². The molecule has 1 fully saturated rings. The van der Waals surface area contributed by atoms with Gasteiger partial charge < -0.3 is 14.1 Å². The summed E-state index contributed by atoms with van der Waals surface area (Å²) in [5.74, 6) is -0.426. The van der Waals surface area contributed by atoms with Crippen LogP contribution in [0.15, 0.2) is 51.7 Å². The average molecular weight is 484 g/mol. The molecule has 5 rings (SSSR count). The molecule has 1 amide bonds. The van der Waals surface area contributed by atoms with Crippen LogP contribution in [0.3, 0.4) is 0 Å². The zero-order valence-electron chi connectivity index (χ0n) is 18.2. The second kappa shape index (κ2) is 9.17. The van der Waals surface area contributed by atoms with Gasteiger partial charge in [0.05, 0.1) is 35.1 Å². The number of amides is 1. The van der Waals surface area contributed by atoms with Crippen molar-refractivity contribution in [1.82, 2.24) is 9.80 Å². The molecule has 3 aromatic rings. The summed E-state index contributed by atoms with van der Waals surface area (Å²) in [4.78, 5) is 41.7. The number of halogens is 1. The summed E-state index contributed by atoms with van der Waals surface area (Å²) in [5, 5.41) is 12.0. The van der Waals surface area contributed by atoms with Crippen molar-refractivity contribution in [2.45, 2.75) is 12.5 Å². The van der Waals surface area contributed by atoms with Crippen molar-refractivity contribution in [1.29, 1.82) is 0 Å². The van der Waals surface area contributed by atoms with Crippen LogP contribution in [-0.4, -0.2) is 60.0 Å². The summed E-state index contributed by atoms with van der Waals surface area (Å²) in [6, 6.07) is 9.92. The first-order chi connectivity index (χ1) is 16.4. The fourth-order valence-electron chi connectivity index (χ4n) is 4.67. The second-order valence-electron chi connectivity index (χ2n) is 8.38. The number of carbonyl (C=O) groups is 1. The average Bonchev–Trinajstić information content (AvgIpc) is 3.12. The number of carbonyl (C=O) groups excluding carboxylic acids is 1. The highest BCUT2D eigenvalue weighted by Crippen LogP contribution is 2.39. The molecule has 1 aromatic heterocycles. The van der Waals surface area contributed by atoms with Crippen LogP contribution < -0.4 is 5.43 Å². The number of nitro groups is 1. The predicted octanol–water partition coefficient (Wildman–Crippen LogP) is 3.62. The van der Waals surface area contributed by atoms with Gasteiger partial charge in [0.25, 0.3) is 11.6 Å². The van der Waals surface area contributed by atoms with E-state index in [9.17, 15) is 19.7 Å². The van der Waals surface area contributed by atoms with Crippen LogP contribution in [0.5, 0.6) is 0 Å². The van der Waals surface area contributed by atoms with E-state index in [1.165, 1.54) is 18.2 Å². The lowest BCUT2D eigenvalue weighted by atomic mass is 9.98. The summed E-state index contributed by atoms with van der Waals surface area (Å²) in [5.41, 5.74) is 0.474. The molecule has 2 aromatic carbocycles. The zero-order valence-corrected chi connectivity index (χ0v) is 19.0. The summed E-state index contributed by atoms with van der Waals surface area (Å²) >= 11 is 6.10. The highest BCUT2D eigenvalue weighted by Gasteiger charge is 2.42. The van der Waals surface area contributed by atoms with Crippen LogP contribution >= 0.6 is 11.6 Å².